The molecule has 1 fully saturated rings. The summed E-state index contributed by atoms with van der Waals surface area (Å²) < 4.78 is 0. The van der Waals surface area contributed by atoms with Crippen LogP contribution in [0, 0.1) is 11.3 Å². The summed E-state index contributed by atoms with van der Waals surface area (Å²) in [7, 11) is 0. The van der Waals surface area contributed by atoms with E-state index in [4.69, 9.17) is 0 Å². The van der Waals surface area contributed by atoms with Crippen LogP contribution in [0.2, 0.25) is 0 Å². The van der Waals surface area contributed by atoms with Crippen LogP contribution >= 0.6 is 0 Å². The highest BCUT2D eigenvalue weighted by molar-refractivity contribution is 5.93. The van der Waals surface area contributed by atoms with Crippen molar-refractivity contribution in [2.24, 2.45) is 16.5 Å². The molecular weight excluding hydrogens is 186 g/mol. The van der Waals surface area contributed by atoms with E-state index in [-0.39, 0.29) is 5.41 Å². The topological polar surface area (TPSA) is 32.6 Å². The first-order valence-corrected chi connectivity index (χ1v) is 5.88. The molecule has 0 bridgehead atoms. The summed E-state index contributed by atoms with van der Waals surface area (Å²) in [4.78, 5) is 0. The van der Waals surface area contributed by atoms with Gasteiger partial charge in [0, 0.05) is 11.3 Å². The molecule has 0 aliphatic heterocycles. The van der Waals surface area contributed by atoms with E-state index in [2.05, 4.69) is 25.6 Å². The van der Waals surface area contributed by atoms with Gasteiger partial charge >= 0.3 is 0 Å². The van der Waals surface area contributed by atoms with Crippen molar-refractivity contribution in [1.29, 1.82) is 0 Å². The fourth-order valence-electron chi connectivity index (χ4n) is 2.31. The van der Waals surface area contributed by atoms with Crippen LogP contribution in [-0.2, 0) is 0 Å². The molecule has 0 heterocycles. The van der Waals surface area contributed by atoms with Crippen LogP contribution in [0.4, 0.5) is 0 Å². The fraction of sp³-hybridized carbons (Fsp3) is 0.769. The molecule has 0 atom stereocenters. The lowest BCUT2D eigenvalue weighted by atomic mass is 9.71. The quantitative estimate of drug-likeness (QED) is 0.324. The Morgan fingerprint density at radius 2 is 1.80 bits per heavy atom. The highest BCUT2D eigenvalue weighted by Gasteiger charge is 2.33. The van der Waals surface area contributed by atoms with Crippen LogP contribution in [-0.4, -0.2) is 10.9 Å². The van der Waals surface area contributed by atoms with Gasteiger partial charge in [-0.1, -0.05) is 50.4 Å². The first kappa shape index (κ1) is 12.3. The average molecular weight is 209 g/mol. The smallest absolute Gasteiger partial charge is 0.0697 e. The third-order valence-corrected chi connectivity index (χ3v) is 3.81. The summed E-state index contributed by atoms with van der Waals surface area (Å²) in [5.41, 5.74) is 1.83. The van der Waals surface area contributed by atoms with Gasteiger partial charge in [0.1, 0.15) is 0 Å². The zero-order valence-corrected chi connectivity index (χ0v) is 10.2. The Bertz CT molecular complexity index is 260. The maximum absolute atomic E-state index is 9.21. The van der Waals surface area contributed by atoms with Crippen LogP contribution in [0.3, 0.4) is 0 Å². The molecule has 0 unspecified atom stereocenters. The second-order valence-corrected chi connectivity index (χ2v) is 5.23. The van der Waals surface area contributed by atoms with E-state index in [1.807, 2.05) is 6.92 Å². The van der Waals surface area contributed by atoms with Crippen molar-refractivity contribution >= 4 is 5.71 Å². The van der Waals surface area contributed by atoms with Gasteiger partial charge in [0.15, 0.2) is 0 Å². The van der Waals surface area contributed by atoms with E-state index >= 15 is 0 Å². The lowest BCUT2D eigenvalue weighted by Crippen LogP contribution is -2.33. The van der Waals surface area contributed by atoms with Crippen molar-refractivity contribution in [2.45, 2.75) is 52.9 Å². The molecule has 0 aromatic heterocycles. The van der Waals surface area contributed by atoms with Gasteiger partial charge in [0.05, 0.1) is 5.71 Å². The molecule has 2 nitrogen and oxygen atoms in total. The second-order valence-electron chi connectivity index (χ2n) is 5.23. The van der Waals surface area contributed by atoms with Crippen LogP contribution in [0.25, 0.3) is 0 Å². The van der Waals surface area contributed by atoms with E-state index in [1.54, 1.807) is 0 Å². The molecule has 1 aliphatic rings. The molecule has 1 saturated carbocycles. The van der Waals surface area contributed by atoms with E-state index in [9.17, 15) is 5.21 Å². The number of hydrogen-bond donors (Lipinski definition) is 1. The summed E-state index contributed by atoms with van der Waals surface area (Å²) in [6.45, 7) is 10.2. The summed E-state index contributed by atoms with van der Waals surface area (Å²) in [6.07, 6.45) is 6.17. The van der Waals surface area contributed by atoms with Gasteiger partial charge in [-0.05, 0) is 19.8 Å². The Labute approximate surface area is 93.1 Å². The Hall–Kier alpha value is -0.790. The predicted molar refractivity (Wildman–Crippen MR) is 64.4 cm³/mol. The molecule has 0 amide bonds. The third-order valence-electron chi connectivity index (χ3n) is 3.81. The zero-order chi connectivity index (χ0) is 11.5. The third kappa shape index (κ3) is 2.61. The standard InChI is InChI=1S/C13H23NO/c1-10(2)13(3,4)12(14-15)11-8-6-5-7-9-11/h11,15H,1,5-9H2,2-4H3/b14-12-. The molecular formula is C13H23NO. The van der Waals surface area contributed by atoms with E-state index < -0.39 is 0 Å². The van der Waals surface area contributed by atoms with Crippen LogP contribution in [0.5, 0.6) is 0 Å². The van der Waals surface area contributed by atoms with Crippen molar-refractivity contribution in [3.05, 3.63) is 12.2 Å². The monoisotopic (exact) mass is 209 g/mol. The largest absolute Gasteiger partial charge is 0.411 e. The minimum Gasteiger partial charge on any atom is -0.411 e. The van der Waals surface area contributed by atoms with Crippen LogP contribution in [0.15, 0.2) is 17.3 Å². The maximum atomic E-state index is 9.21. The van der Waals surface area contributed by atoms with Crippen LogP contribution < -0.4 is 0 Å². The molecule has 0 spiro atoms. The molecule has 15 heavy (non-hydrogen) atoms. The van der Waals surface area contributed by atoms with Gasteiger partial charge < -0.3 is 5.21 Å². The van der Waals surface area contributed by atoms with E-state index in [1.165, 1.54) is 19.3 Å². The van der Waals surface area contributed by atoms with Crippen molar-refractivity contribution in [2.75, 3.05) is 0 Å². The second kappa shape index (κ2) is 4.82. The van der Waals surface area contributed by atoms with Crippen molar-refractivity contribution < 1.29 is 5.21 Å². The highest BCUT2D eigenvalue weighted by atomic mass is 16.4. The number of rotatable bonds is 3. The zero-order valence-electron chi connectivity index (χ0n) is 10.2. The van der Waals surface area contributed by atoms with Gasteiger partial charge in [0.25, 0.3) is 0 Å². The van der Waals surface area contributed by atoms with Crippen molar-refractivity contribution in [3.8, 4) is 0 Å². The normalized spacial score (nSPS) is 20.3. The Kier molecular flexibility index (Phi) is 3.95. The SMILES string of the molecule is C=C(C)C(C)(C)/C(=N\O)C1CCCCC1. The number of nitrogens with zero attached hydrogens (tertiary/aromatic N) is 1. The number of oxime groups is 1. The van der Waals surface area contributed by atoms with Crippen LogP contribution in [0.1, 0.15) is 52.9 Å². The fourth-order valence-corrected chi connectivity index (χ4v) is 2.31. The summed E-state index contributed by atoms with van der Waals surface area (Å²) >= 11 is 0. The lowest BCUT2D eigenvalue weighted by Gasteiger charge is -2.33. The molecule has 86 valence electrons. The molecule has 0 aromatic rings. The summed E-state index contributed by atoms with van der Waals surface area (Å²) in [5, 5.41) is 12.8. The molecule has 1 aliphatic carbocycles. The van der Waals surface area contributed by atoms with E-state index in [0.29, 0.717) is 5.92 Å². The summed E-state index contributed by atoms with van der Waals surface area (Å²) in [6, 6.07) is 0. The summed E-state index contributed by atoms with van der Waals surface area (Å²) in [5.74, 6) is 0.454. The van der Waals surface area contributed by atoms with Gasteiger partial charge in [-0.3, -0.25) is 0 Å². The molecule has 0 radical (unpaired) electrons. The minimum atomic E-state index is -0.170. The van der Waals surface area contributed by atoms with Gasteiger partial charge in [-0.25, -0.2) is 0 Å². The maximum Gasteiger partial charge on any atom is 0.0697 e. The van der Waals surface area contributed by atoms with Crippen molar-refractivity contribution in [1.82, 2.24) is 0 Å². The Morgan fingerprint density at radius 3 is 2.20 bits per heavy atom. The number of allylic oxidation sites excluding steroid dienone is 1. The first-order valence-electron chi connectivity index (χ1n) is 5.88. The molecule has 1 rings (SSSR count). The predicted octanol–water partition coefficient (Wildman–Crippen LogP) is 4.00. The lowest BCUT2D eigenvalue weighted by molar-refractivity contribution is 0.298. The molecule has 2 heteroatoms. The Balaban J connectivity index is 2.83. The van der Waals surface area contributed by atoms with E-state index in [0.717, 1.165) is 24.1 Å². The molecule has 0 saturated heterocycles. The Morgan fingerprint density at radius 1 is 1.27 bits per heavy atom. The highest BCUT2D eigenvalue weighted by Crippen LogP contribution is 2.36. The van der Waals surface area contributed by atoms with Gasteiger partial charge in [-0.2, -0.15) is 0 Å². The molecule has 0 aromatic carbocycles. The van der Waals surface area contributed by atoms with Gasteiger partial charge in [-0.15, -0.1) is 0 Å². The molecule has 1 N–H and O–H groups in total. The van der Waals surface area contributed by atoms with Crippen molar-refractivity contribution in [3.63, 3.8) is 0 Å². The number of hydrogen-bond acceptors (Lipinski definition) is 2. The van der Waals surface area contributed by atoms with Gasteiger partial charge in [0.2, 0.25) is 0 Å². The average Bonchev–Trinajstić information content (AvgIpc) is 2.19. The first-order chi connectivity index (χ1) is 7.00. The minimum absolute atomic E-state index is 0.170.